The number of hydrogen-bond acceptors (Lipinski definition) is 2. The summed E-state index contributed by atoms with van der Waals surface area (Å²) in [5.41, 5.74) is 1.42. The molecule has 4 heteroatoms. The first kappa shape index (κ1) is 14.5. The van der Waals surface area contributed by atoms with Gasteiger partial charge in [-0.2, -0.15) is 0 Å². The van der Waals surface area contributed by atoms with Gasteiger partial charge in [0.2, 0.25) is 0 Å². The molecule has 0 spiro atoms. The van der Waals surface area contributed by atoms with Gasteiger partial charge >= 0.3 is 0 Å². The number of hydrogen-bond donors (Lipinski definition) is 0. The van der Waals surface area contributed by atoms with Crippen LogP contribution in [-0.4, -0.2) is 29.2 Å². The summed E-state index contributed by atoms with van der Waals surface area (Å²) in [7, 11) is 0. The number of aromatic nitrogens is 1. The Hall–Kier alpha value is -1.45. The average molecular weight is 305 g/mol. The van der Waals surface area contributed by atoms with Crippen molar-refractivity contribution in [2.45, 2.75) is 25.9 Å². The molecule has 2 aromatic rings. The van der Waals surface area contributed by atoms with Crippen molar-refractivity contribution in [3.05, 3.63) is 53.3 Å². The number of fused-ring (bicyclic) bond motifs is 1. The molecule has 0 bridgehead atoms. The first-order chi connectivity index (χ1) is 10.2. The highest BCUT2D eigenvalue weighted by Gasteiger charge is 2.22. The van der Waals surface area contributed by atoms with E-state index in [1.807, 2.05) is 24.3 Å². The van der Waals surface area contributed by atoms with Crippen molar-refractivity contribution in [2.75, 3.05) is 19.7 Å². The van der Waals surface area contributed by atoms with Gasteiger partial charge in [0, 0.05) is 42.6 Å². The fourth-order valence-electron chi connectivity index (χ4n) is 2.92. The summed E-state index contributed by atoms with van der Waals surface area (Å²) in [5, 5.41) is 0.743. The second-order valence-corrected chi connectivity index (χ2v) is 5.93. The molecule has 1 aliphatic rings. The van der Waals surface area contributed by atoms with Gasteiger partial charge in [0.25, 0.3) is 0 Å². The largest absolute Gasteiger partial charge is 0.494 e. The van der Waals surface area contributed by atoms with Crippen molar-refractivity contribution < 1.29 is 4.74 Å². The molecule has 112 valence electrons. The van der Waals surface area contributed by atoms with Gasteiger partial charge in [-0.15, -0.1) is 0 Å². The highest BCUT2D eigenvalue weighted by molar-refractivity contribution is 6.30. The zero-order valence-electron chi connectivity index (χ0n) is 12.3. The van der Waals surface area contributed by atoms with Crippen molar-refractivity contribution in [1.82, 2.24) is 9.47 Å². The maximum absolute atomic E-state index is 5.86. The molecule has 1 aromatic carbocycles. The van der Waals surface area contributed by atoms with Crippen LogP contribution in [0.2, 0.25) is 5.02 Å². The van der Waals surface area contributed by atoms with E-state index >= 15 is 0 Å². The van der Waals surface area contributed by atoms with Crippen LogP contribution in [0, 0.1) is 0 Å². The Morgan fingerprint density at radius 1 is 1.19 bits per heavy atom. The van der Waals surface area contributed by atoms with E-state index < -0.39 is 0 Å². The Morgan fingerprint density at radius 3 is 2.81 bits per heavy atom. The Kier molecular flexibility index (Phi) is 4.51. The second kappa shape index (κ2) is 6.54. The normalized spacial score (nSPS) is 18.5. The molecule has 2 heterocycles. The van der Waals surface area contributed by atoms with E-state index in [-0.39, 0.29) is 0 Å². The fraction of sp³-hybridized carbons (Fsp3) is 0.412. The highest BCUT2D eigenvalue weighted by Crippen LogP contribution is 2.25. The average Bonchev–Trinajstić information content (AvgIpc) is 2.97. The van der Waals surface area contributed by atoms with Crippen molar-refractivity contribution >= 4 is 11.6 Å². The number of nitrogens with zero attached hydrogens (tertiary/aromatic N) is 2. The number of halogens is 1. The molecule has 0 aliphatic carbocycles. The molecule has 3 nitrogen and oxygen atoms in total. The van der Waals surface area contributed by atoms with E-state index in [0.29, 0.717) is 6.04 Å². The third kappa shape index (κ3) is 3.42. The Morgan fingerprint density at radius 2 is 2.00 bits per heavy atom. The van der Waals surface area contributed by atoms with Crippen LogP contribution in [0.25, 0.3) is 0 Å². The topological polar surface area (TPSA) is 17.4 Å². The monoisotopic (exact) mass is 304 g/mol. The molecule has 3 rings (SSSR count). The molecule has 0 saturated carbocycles. The maximum Gasteiger partial charge on any atom is 0.119 e. The van der Waals surface area contributed by atoms with E-state index in [0.717, 1.165) is 43.4 Å². The minimum absolute atomic E-state index is 0.490. The third-order valence-electron chi connectivity index (χ3n) is 4.14. The van der Waals surface area contributed by atoms with Crippen LogP contribution in [0.15, 0.2) is 42.6 Å². The molecular weight excluding hydrogens is 284 g/mol. The number of rotatable bonds is 5. The van der Waals surface area contributed by atoms with Gasteiger partial charge in [0.15, 0.2) is 0 Å². The quantitative estimate of drug-likeness (QED) is 0.777. The molecule has 0 N–H and O–H groups in total. The van der Waals surface area contributed by atoms with E-state index in [1.165, 1.54) is 5.69 Å². The summed E-state index contributed by atoms with van der Waals surface area (Å²) >= 11 is 5.86. The van der Waals surface area contributed by atoms with Gasteiger partial charge < -0.3 is 9.30 Å². The second-order valence-electron chi connectivity index (χ2n) is 5.49. The van der Waals surface area contributed by atoms with Gasteiger partial charge in [-0.05, 0) is 49.7 Å². The van der Waals surface area contributed by atoms with Crippen molar-refractivity contribution in [1.29, 1.82) is 0 Å². The fourth-order valence-corrected chi connectivity index (χ4v) is 3.05. The van der Waals surface area contributed by atoms with Crippen molar-refractivity contribution in [3.63, 3.8) is 0 Å². The number of benzene rings is 1. The van der Waals surface area contributed by atoms with Gasteiger partial charge in [0.1, 0.15) is 5.75 Å². The minimum atomic E-state index is 0.490. The SMILES string of the molecule is CC1c2cccn2CCN1CCCOc1ccc(Cl)cc1. The summed E-state index contributed by atoms with van der Waals surface area (Å²) in [6.07, 6.45) is 3.21. The molecule has 1 aromatic heterocycles. The van der Waals surface area contributed by atoms with Crippen molar-refractivity contribution in [2.24, 2.45) is 0 Å². The molecule has 0 amide bonds. The molecule has 1 unspecified atom stereocenters. The van der Waals surface area contributed by atoms with Gasteiger partial charge in [0.05, 0.1) is 6.61 Å². The lowest BCUT2D eigenvalue weighted by Gasteiger charge is -2.34. The number of ether oxygens (including phenoxy) is 1. The zero-order chi connectivity index (χ0) is 14.7. The summed E-state index contributed by atoms with van der Waals surface area (Å²) in [5.74, 6) is 0.889. The molecule has 0 radical (unpaired) electrons. The first-order valence-electron chi connectivity index (χ1n) is 7.51. The van der Waals surface area contributed by atoms with E-state index in [4.69, 9.17) is 16.3 Å². The van der Waals surface area contributed by atoms with Crippen LogP contribution in [0.1, 0.15) is 25.1 Å². The van der Waals surface area contributed by atoms with Gasteiger partial charge in [-0.25, -0.2) is 0 Å². The van der Waals surface area contributed by atoms with Crippen molar-refractivity contribution in [3.8, 4) is 5.75 Å². The maximum atomic E-state index is 5.86. The summed E-state index contributed by atoms with van der Waals surface area (Å²) in [4.78, 5) is 2.53. The van der Waals surface area contributed by atoms with E-state index in [1.54, 1.807) is 0 Å². The Bertz CT molecular complexity index is 579. The Labute approximate surface area is 131 Å². The molecular formula is C17H21ClN2O. The molecule has 0 fully saturated rings. The smallest absolute Gasteiger partial charge is 0.119 e. The predicted octanol–water partition coefficient (Wildman–Crippen LogP) is 3.99. The summed E-state index contributed by atoms with van der Waals surface area (Å²) in [6.45, 7) is 6.30. The lowest BCUT2D eigenvalue weighted by atomic mass is 10.1. The van der Waals surface area contributed by atoms with E-state index in [2.05, 4.69) is 34.7 Å². The molecule has 1 aliphatic heterocycles. The van der Waals surface area contributed by atoms with Crippen LogP contribution in [0.4, 0.5) is 0 Å². The van der Waals surface area contributed by atoms with Crippen LogP contribution in [0.5, 0.6) is 5.75 Å². The molecule has 21 heavy (non-hydrogen) atoms. The van der Waals surface area contributed by atoms with Crippen LogP contribution < -0.4 is 4.74 Å². The summed E-state index contributed by atoms with van der Waals surface area (Å²) in [6, 6.07) is 12.4. The minimum Gasteiger partial charge on any atom is -0.494 e. The Balaban J connectivity index is 1.45. The van der Waals surface area contributed by atoms with Gasteiger partial charge in [-0.1, -0.05) is 11.6 Å². The highest BCUT2D eigenvalue weighted by atomic mass is 35.5. The lowest BCUT2D eigenvalue weighted by molar-refractivity contribution is 0.155. The van der Waals surface area contributed by atoms with Gasteiger partial charge in [-0.3, -0.25) is 4.90 Å². The lowest BCUT2D eigenvalue weighted by Crippen LogP contribution is -2.37. The van der Waals surface area contributed by atoms with Crippen LogP contribution in [0.3, 0.4) is 0 Å². The van der Waals surface area contributed by atoms with Crippen LogP contribution >= 0.6 is 11.6 Å². The molecule has 0 saturated heterocycles. The predicted molar refractivity (Wildman–Crippen MR) is 86.0 cm³/mol. The molecule has 1 atom stereocenters. The van der Waals surface area contributed by atoms with Crippen LogP contribution in [-0.2, 0) is 6.54 Å². The van der Waals surface area contributed by atoms with E-state index in [9.17, 15) is 0 Å². The first-order valence-corrected chi connectivity index (χ1v) is 7.89. The zero-order valence-corrected chi connectivity index (χ0v) is 13.1. The third-order valence-corrected chi connectivity index (χ3v) is 4.39. The standard InChI is InChI=1S/C17H21ClN2O/c1-14-17-4-2-9-20(17)12-11-19(14)10-3-13-21-16-7-5-15(18)6-8-16/h2,4-9,14H,3,10-13H2,1H3. The summed E-state index contributed by atoms with van der Waals surface area (Å²) < 4.78 is 8.10.